The van der Waals surface area contributed by atoms with Crippen molar-refractivity contribution in [2.45, 2.75) is 12.5 Å². The molecule has 3 heteroatoms. The quantitative estimate of drug-likeness (QED) is 0.690. The van der Waals surface area contributed by atoms with Crippen LogP contribution in [0.5, 0.6) is 0 Å². The Hall–Kier alpha value is -1.58. The fourth-order valence-electron chi connectivity index (χ4n) is 3.43. The molecule has 0 amide bonds. The summed E-state index contributed by atoms with van der Waals surface area (Å²) in [6.07, 6.45) is 1.11. The molecule has 21 heavy (non-hydrogen) atoms. The normalized spacial score (nSPS) is 18.9. The van der Waals surface area contributed by atoms with Gasteiger partial charge in [-0.1, -0.05) is 46.3 Å². The Labute approximate surface area is 132 Å². The van der Waals surface area contributed by atoms with Gasteiger partial charge in [-0.15, -0.1) is 0 Å². The number of aromatic amines is 1. The maximum atomic E-state index is 3.66. The number of fused-ring (bicyclic) bond motifs is 3. The Bertz CT molecular complexity index is 789. The molecule has 0 aliphatic carbocycles. The Morgan fingerprint density at radius 2 is 1.86 bits per heavy atom. The van der Waals surface area contributed by atoms with Crippen molar-refractivity contribution >= 4 is 26.8 Å². The van der Waals surface area contributed by atoms with E-state index in [1.807, 2.05) is 0 Å². The number of aromatic nitrogens is 1. The van der Waals surface area contributed by atoms with Crippen molar-refractivity contribution in [3.8, 4) is 0 Å². The zero-order valence-electron chi connectivity index (χ0n) is 11.9. The van der Waals surface area contributed by atoms with E-state index in [0.717, 1.165) is 17.4 Å². The van der Waals surface area contributed by atoms with E-state index in [0.29, 0.717) is 6.04 Å². The second kappa shape index (κ2) is 5.00. The van der Waals surface area contributed by atoms with Crippen LogP contribution in [0, 0.1) is 0 Å². The van der Waals surface area contributed by atoms with Crippen LogP contribution >= 0.6 is 15.9 Å². The lowest BCUT2D eigenvalue weighted by Crippen LogP contribution is -2.32. The SMILES string of the molecule is CN1CCc2c([nH]c3ccccc23)C1c1ccc(Br)cc1. The van der Waals surface area contributed by atoms with E-state index in [2.05, 4.69) is 81.4 Å². The van der Waals surface area contributed by atoms with Crippen LogP contribution in [0.2, 0.25) is 0 Å². The molecule has 1 unspecified atom stereocenters. The molecule has 1 N–H and O–H groups in total. The van der Waals surface area contributed by atoms with Crippen LogP contribution in [0.15, 0.2) is 53.0 Å². The molecule has 1 atom stereocenters. The predicted octanol–water partition coefficient (Wildman–Crippen LogP) is 4.51. The molecule has 106 valence electrons. The van der Waals surface area contributed by atoms with E-state index in [4.69, 9.17) is 0 Å². The second-order valence-corrected chi connectivity index (χ2v) is 6.66. The van der Waals surface area contributed by atoms with Gasteiger partial charge in [-0.05, 0) is 42.8 Å². The molecule has 0 radical (unpaired) electrons. The van der Waals surface area contributed by atoms with Crippen molar-refractivity contribution < 1.29 is 0 Å². The van der Waals surface area contributed by atoms with E-state index in [-0.39, 0.29) is 0 Å². The van der Waals surface area contributed by atoms with Crippen molar-refractivity contribution in [1.29, 1.82) is 0 Å². The van der Waals surface area contributed by atoms with Crippen molar-refractivity contribution in [1.82, 2.24) is 9.88 Å². The van der Waals surface area contributed by atoms with Crippen LogP contribution in [0.1, 0.15) is 22.9 Å². The zero-order valence-corrected chi connectivity index (χ0v) is 13.5. The first-order valence-electron chi connectivity index (χ1n) is 7.29. The van der Waals surface area contributed by atoms with Crippen LogP contribution in [0.25, 0.3) is 10.9 Å². The number of benzene rings is 2. The molecule has 0 saturated carbocycles. The molecule has 0 spiro atoms. The molecular weight excluding hydrogens is 324 g/mol. The van der Waals surface area contributed by atoms with E-state index >= 15 is 0 Å². The topological polar surface area (TPSA) is 19.0 Å². The van der Waals surface area contributed by atoms with Gasteiger partial charge in [0.25, 0.3) is 0 Å². The summed E-state index contributed by atoms with van der Waals surface area (Å²) in [6, 6.07) is 17.6. The molecule has 1 aromatic heterocycles. The van der Waals surface area contributed by atoms with Gasteiger partial charge in [-0.3, -0.25) is 4.90 Å². The van der Waals surface area contributed by atoms with Crippen molar-refractivity contribution in [3.63, 3.8) is 0 Å². The average molecular weight is 341 g/mol. The molecule has 1 aliphatic rings. The van der Waals surface area contributed by atoms with Gasteiger partial charge >= 0.3 is 0 Å². The highest BCUT2D eigenvalue weighted by molar-refractivity contribution is 9.10. The Balaban J connectivity index is 1.90. The zero-order chi connectivity index (χ0) is 14.4. The monoisotopic (exact) mass is 340 g/mol. The van der Waals surface area contributed by atoms with Gasteiger partial charge in [0.2, 0.25) is 0 Å². The summed E-state index contributed by atoms with van der Waals surface area (Å²) in [5.41, 5.74) is 5.43. The van der Waals surface area contributed by atoms with Gasteiger partial charge in [-0.2, -0.15) is 0 Å². The number of halogens is 1. The lowest BCUT2D eigenvalue weighted by Gasteiger charge is -2.33. The Kier molecular flexibility index (Phi) is 3.12. The van der Waals surface area contributed by atoms with E-state index in [1.165, 1.54) is 27.7 Å². The number of rotatable bonds is 1. The predicted molar refractivity (Wildman–Crippen MR) is 90.6 cm³/mol. The highest BCUT2D eigenvalue weighted by atomic mass is 79.9. The molecule has 3 aromatic rings. The number of H-pyrrole nitrogens is 1. The fourth-order valence-corrected chi connectivity index (χ4v) is 3.69. The summed E-state index contributed by atoms with van der Waals surface area (Å²) < 4.78 is 1.13. The van der Waals surface area contributed by atoms with Gasteiger partial charge in [-0.25, -0.2) is 0 Å². The summed E-state index contributed by atoms with van der Waals surface area (Å²) in [4.78, 5) is 6.09. The lowest BCUT2D eigenvalue weighted by atomic mass is 9.93. The first-order valence-corrected chi connectivity index (χ1v) is 8.08. The van der Waals surface area contributed by atoms with Crippen molar-refractivity contribution in [3.05, 3.63) is 69.8 Å². The molecule has 2 nitrogen and oxygen atoms in total. The second-order valence-electron chi connectivity index (χ2n) is 5.75. The number of hydrogen-bond donors (Lipinski definition) is 1. The van der Waals surface area contributed by atoms with Crippen molar-refractivity contribution in [2.24, 2.45) is 0 Å². The number of nitrogens with zero attached hydrogens (tertiary/aromatic N) is 1. The van der Waals surface area contributed by atoms with Gasteiger partial charge in [0.15, 0.2) is 0 Å². The number of para-hydroxylation sites is 1. The van der Waals surface area contributed by atoms with E-state index in [9.17, 15) is 0 Å². The summed E-state index contributed by atoms with van der Waals surface area (Å²) in [5.74, 6) is 0. The third-order valence-electron chi connectivity index (χ3n) is 4.46. The molecule has 0 bridgehead atoms. The summed E-state index contributed by atoms with van der Waals surface area (Å²) in [5, 5.41) is 1.38. The molecule has 0 saturated heterocycles. The van der Waals surface area contributed by atoms with Gasteiger partial charge in [0, 0.05) is 27.6 Å². The highest BCUT2D eigenvalue weighted by Crippen LogP contribution is 2.37. The molecular formula is C18H17BrN2. The van der Waals surface area contributed by atoms with Crippen LogP contribution in [-0.2, 0) is 6.42 Å². The van der Waals surface area contributed by atoms with Gasteiger partial charge in [0.05, 0.1) is 6.04 Å². The first kappa shape index (κ1) is 13.1. The van der Waals surface area contributed by atoms with Crippen LogP contribution in [0.4, 0.5) is 0 Å². The van der Waals surface area contributed by atoms with Gasteiger partial charge < -0.3 is 4.98 Å². The highest BCUT2D eigenvalue weighted by Gasteiger charge is 2.29. The smallest absolute Gasteiger partial charge is 0.0754 e. The minimum Gasteiger partial charge on any atom is -0.357 e. The summed E-state index contributed by atoms with van der Waals surface area (Å²) in [6.45, 7) is 1.09. The minimum atomic E-state index is 0.314. The van der Waals surface area contributed by atoms with Gasteiger partial charge in [0.1, 0.15) is 0 Å². The minimum absolute atomic E-state index is 0.314. The third kappa shape index (κ3) is 2.12. The van der Waals surface area contributed by atoms with Crippen LogP contribution < -0.4 is 0 Å². The van der Waals surface area contributed by atoms with Crippen molar-refractivity contribution in [2.75, 3.05) is 13.6 Å². The van der Waals surface area contributed by atoms with Crippen LogP contribution in [0.3, 0.4) is 0 Å². The lowest BCUT2D eigenvalue weighted by molar-refractivity contribution is 0.261. The largest absolute Gasteiger partial charge is 0.357 e. The van der Waals surface area contributed by atoms with Crippen LogP contribution in [-0.4, -0.2) is 23.5 Å². The van der Waals surface area contributed by atoms with E-state index < -0.39 is 0 Å². The molecule has 1 aliphatic heterocycles. The first-order chi connectivity index (χ1) is 10.2. The summed E-state index contributed by atoms with van der Waals surface area (Å²) >= 11 is 3.52. The molecule has 0 fully saturated rings. The molecule has 4 rings (SSSR count). The maximum absolute atomic E-state index is 3.66. The average Bonchev–Trinajstić information content (AvgIpc) is 2.87. The van der Waals surface area contributed by atoms with E-state index in [1.54, 1.807) is 0 Å². The maximum Gasteiger partial charge on any atom is 0.0754 e. The Morgan fingerprint density at radius 1 is 1.10 bits per heavy atom. The third-order valence-corrected chi connectivity index (χ3v) is 4.99. The molecule has 2 aromatic carbocycles. The fraction of sp³-hybridized carbons (Fsp3) is 0.222. The number of hydrogen-bond acceptors (Lipinski definition) is 1. The number of likely N-dealkylation sites (N-methyl/N-ethyl adjacent to an activating group) is 1. The Morgan fingerprint density at radius 3 is 2.67 bits per heavy atom. The summed E-state index contributed by atoms with van der Waals surface area (Å²) in [7, 11) is 2.21. The molecule has 2 heterocycles. The standard InChI is InChI=1S/C18H17BrN2/c1-21-11-10-15-14-4-2-3-5-16(14)20-17(15)18(21)12-6-8-13(19)9-7-12/h2-9,18,20H,10-11H2,1H3. The number of nitrogens with one attached hydrogen (secondary N) is 1.